The van der Waals surface area contributed by atoms with Crippen LogP contribution in [0, 0.1) is 0 Å². The van der Waals surface area contributed by atoms with Gasteiger partial charge >= 0.3 is 0 Å². The highest BCUT2D eigenvalue weighted by Crippen LogP contribution is 2.19. The van der Waals surface area contributed by atoms with Crippen molar-refractivity contribution in [1.29, 1.82) is 0 Å². The highest BCUT2D eigenvalue weighted by Gasteiger charge is 2.19. The van der Waals surface area contributed by atoms with Gasteiger partial charge in [0.05, 0.1) is 26.6 Å². The van der Waals surface area contributed by atoms with Gasteiger partial charge in [0.25, 0.3) is 16.7 Å². The van der Waals surface area contributed by atoms with E-state index in [1.165, 1.54) is 20.4 Å². The Morgan fingerprint density at radius 2 is 1.17 bits per heavy atom. The number of hydrogen-bond acceptors (Lipinski definition) is 24. The van der Waals surface area contributed by atoms with Crippen LogP contribution in [0.2, 0.25) is 0 Å². The van der Waals surface area contributed by atoms with Gasteiger partial charge in [-0.05, 0) is 77.3 Å². The van der Waals surface area contributed by atoms with Crippen LogP contribution in [0.4, 0.5) is 17.8 Å². The number of tetrazole rings is 2. The van der Waals surface area contributed by atoms with Crippen molar-refractivity contribution in [2.24, 2.45) is 19.8 Å². The standard InChI is InChI=1S/C17H16N12O.C9H8N6O3S.C9H12N6/c1-28-25-13(24-27-28)11-5-4-10(9-20-11)6-7-19-16-22-15(18)29-17(23-16)21-14(26-29)12-3-2-8-30-12;1-19(16,17)9-12-7(10)15-8(13-9)11-6(14-15)5-3-2-4-18-5;1-15-13-9(12-14-15)8-3-2-7(4-5-10)6-11-8/h2-5,8-9H,6-7H2,1H3,(H3,18,19,21,22,23,26);2-4H,1H3,(H2,10,11,12,13,14);2-3,6H,4-5,10H2,1H3. The predicted molar refractivity (Wildman–Crippen MR) is 224 cm³/mol. The summed E-state index contributed by atoms with van der Waals surface area (Å²) in [6.45, 7) is 1.21. The molecule has 0 spiro atoms. The zero-order valence-electron chi connectivity index (χ0n) is 34.0. The minimum absolute atomic E-state index is 0.0410. The molecule has 0 bridgehead atoms. The number of nitrogens with one attached hydrogen (secondary N) is 1. The molecule has 0 saturated carbocycles. The summed E-state index contributed by atoms with van der Waals surface area (Å²) in [6.07, 6.45) is 9.12. The maximum atomic E-state index is 11.4. The van der Waals surface area contributed by atoms with Gasteiger partial charge in [-0.3, -0.25) is 9.97 Å². The smallest absolute Gasteiger partial charge is 0.259 e. The SMILES string of the molecule is CS(=O)(=O)c1nc(N)n2nc(-c3ccco3)nc2n1.Cn1nnc(-c2ccc(CCN)cn2)n1.Cn1nnc(-c2ccc(CCNc3nc(N)n4nc(-c5ccco5)nc4n3)cn2)n1. The lowest BCUT2D eigenvalue weighted by Crippen LogP contribution is -2.12. The summed E-state index contributed by atoms with van der Waals surface area (Å²) in [5, 5.41) is 34.6. The van der Waals surface area contributed by atoms with Crippen LogP contribution in [0.15, 0.2) is 87.4 Å². The van der Waals surface area contributed by atoms with Gasteiger partial charge in [0.1, 0.15) is 11.4 Å². The van der Waals surface area contributed by atoms with E-state index in [9.17, 15) is 8.42 Å². The summed E-state index contributed by atoms with van der Waals surface area (Å²) in [7, 11) is -0.138. The van der Waals surface area contributed by atoms with Gasteiger partial charge in [0.15, 0.2) is 11.5 Å². The monoisotopic (exact) mass is 888 g/mol. The number of furan rings is 2. The molecule has 28 nitrogen and oxygen atoms in total. The fourth-order valence-corrected chi connectivity index (χ4v) is 6.03. The van der Waals surface area contributed by atoms with Crippen LogP contribution in [-0.4, -0.2) is 127 Å². The molecule has 7 N–H and O–H groups in total. The van der Waals surface area contributed by atoms with Crippen molar-refractivity contribution in [3.63, 3.8) is 0 Å². The molecule has 10 rings (SSSR count). The van der Waals surface area contributed by atoms with E-state index < -0.39 is 15.0 Å². The highest BCUT2D eigenvalue weighted by molar-refractivity contribution is 7.90. The van der Waals surface area contributed by atoms with Crippen molar-refractivity contribution >= 4 is 39.2 Å². The number of hydrogen-bond donors (Lipinski definition) is 4. The molecule has 0 amide bonds. The second-order valence-electron chi connectivity index (χ2n) is 13.3. The molecule has 10 heterocycles. The molecule has 0 radical (unpaired) electrons. The Kier molecular flexibility index (Phi) is 11.9. The molecule has 0 fully saturated rings. The molecule has 0 aliphatic carbocycles. The van der Waals surface area contributed by atoms with Crippen LogP contribution in [0.25, 0.3) is 57.8 Å². The Labute approximate surface area is 360 Å². The summed E-state index contributed by atoms with van der Waals surface area (Å²) in [4.78, 5) is 35.9. The number of sulfone groups is 1. The average molecular weight is 889 g/mol. The van der Waals surface area contributed by atoms with E-state index in [1.54, 1.807) is 57.0 Å². The third-order valence-electron chi connectivity index (χ3n) is 8.52. The minimum atomic E-state index is -3.57. The minimum Gasteiger partial charge on any atom is -0.461 e. The lowest BCUT2D eigenvalue weighted by atomic mass is 10.2. The summed E-state index contributed by atoms with van der Waals surface area (Å²) < 4.78 is 35.8. The second-order valence-corrected chi connectivity index (χ2v) is 15.2. The molecule has 64 heavy (non-hydrogen) atoms. The van der Waals surface area contributed by atoms with Gasteiger partial charge in [-0.15, -0.1) is 30.6 Å². The van der Waals surface area contributed by atoms with E-state index in [1.807, 2.05) is 24.3 Å². The number of pyridine rings is 2. The van der Waals surface area contributed by atoms with E-state index in [2.05, 4.69) is 86.2 Å². The first-order valence-electron chi connectivity index (χ1n) is 18.8. The van der Waals surface area contributed by atoms with Gasteiger partial charge in [0, 0.05) is 25.2 Å². The van der Waals surface area contributed by atoms with Crippen LogP contribution in [-0.2, 0) is 36.8 Å². The van der Waals surface area contributed by atoms with Crippen LogP contribution in [0.5, 0.6) is 0 Å². The third kappa shape index (κ3) is 9.74. The summed E-state index contributed by atoms with van der Waals surface area (Å²) in [5.41, 5.74) is 20.6. The van der Waals surface area contributed by atoms with E-state index in [0.717, 1.165) is 34.0 Å². The largest absolute Gasteiger partial charge is 0.461 e. The number of anilines is 3. The number of aromatic nitrogens is 20. The molecule has 0 aliphatic heterocycles. The molecule has 326 valence electrons. The summed E-state index contributed by atoms with van der Waals surface area (Å²) >= 11 is 0. The first kappa shape index (κ1) is 42.0. The fourth-order valence-electron chi connectivity index (χ4n) is 5.52. The molecule has 0 aromatic carbocycles. The van der Waals surface area contributed by atoms with Crippen LogP contribution in [0.1, 0.15) is 11.1 Å². The molecule has 0 atom stereocenters. The van der Waals surface area contributed by atoms with Crippen molar-refractivity contribution < 1.29 is 17.3 Å². The lowest BCUT2D eigenvalue weighted by Gasteiger charge is -2.06. The van der Waals surface area contributed by atoms with E-state index >= 15 is 0 Å². The Morgan fingerprint density at radius 3 is 1.62 bits per heavy atom. The quantitative estimate of drug-likeness (QED) is 0.134. The number of rotatable bonds is 11. The number of nitrogen functional groups attached to an aromatic ring is 2. The second kappa shape index (κ2) is 18.1. The Morgan fingerprint density at radius 1 is 0.641 bits per heavy atom. The Bertz CT molecular complexity index is 3230. The van der Waals surface area contributed by atoms with Gasteiger partial charge in [-0.25, -0.2) is 8.42 Å². The molecule has 10 aromatic rings. The molecule has 0 saturated heterocycles. The average Bonchev–Trinajstić information content (AvgIpc) is 4.13. The lowest BCUT2D eigenvalue weighted by molar-refractivity contribution is 0.577. The van der Waals surface area contributed by atoms with Gasteiger partial charge in [0.2, 0.25) is 51.0 Å². The Balaban J connectivity index is 0.000000141. The molecular weight excluding hydrogens is 853 g/mol. The normalized spacial score (nSPS) is 11.3. The molecule has 0 aliphatic rings. The first-order valence-corrected chi connectivity index (χ1v) is 20.7. The van der Waals surface area contributed by atoms with Gasteiger partial charge in [-0.2, -0.15) is 48.5 Å². The zero-order valence-corrected chi connectivity index (χ0v) is 34.8. The number of nitrogens with zero attached hydrogens (tertiary/aromatic N) is 20. The van der Waals surface area contributed by atoms with Crippen LogP contribution in [0.3, 0.4) is 0 Å². The molecule has 10 aromatic heterocycles. The summed E-state index contributed by atoms with van der Waals surface area (Å²) in [5.74, 6) is 3.42. The maximum absolute atomic E-state index is 11.4. The van der Waals surface area contributed by atoms with Crippen molar-refractivity contribution in [3.05, 3.63) is 84.6 Å². The highest BCUT2D eigenvalue weighted by atomic mass is 32.2. The van der Waals surface area contributed by atoms with E-state index in [4.69, 9.17) is 26.0 Å². The number of aryl methyl sites for hydroxylation is 2. The zero-order chi connectivity index (χ0) is 44.8. The van der Waals surface area contributed by atoms with Crippen molar-refractivity contribution in [2.45, 2.75) is 18.0 Å². The van der Waals surface area contributed by atoms with E-state index in [0.29, 0.717) is 65.9 Å². The third-order valence-corrected chi connectivity index (χ3v) is 9.36. The van der Waals surface area contributed by atoms with Crippen LogP contribution >= 0.6 is 0 Å². The topological polar surface area (TPSA) is 375 Å². The Hall–Kier alpha value is -8.73. The van der Waals surface area contributed by atoms with Crippen LogP contribution < -0.4 is 22.5 Å². The van der Waals surface area contributed by atoms with Gasteiger partial charge in [-0.1, -0.05) is 12.1 Å². The predicted octanol–water partition coefficient (Wildman–Crippen LogP) is 0.140. The molecular formula is C35H36N24O4S. The summed E-state index contributed by atoms with van der Waals surface area (Å²) in [6, 6.07) is 14.5. The number of nitrogens with two attached hydrogens (primary N) is 3. The number of fused-ring (bicyclic) bond motifs is 2. The van der Waals surface area contributed by atoms with Crippen molar-refractivity contribution in [1.82, 2.24) is 99.5 Å². The molecule has 0 unspecified atom stereocenters. The first-order chi connectivity index (χ1) is 30.9. The van der Waals surface area contributed by atoms with Crippen molar-refractivity contribution in [2.75, 3.05) is 36.1 Å². The maximum Gasteiger partial charge on any atom is 0.259 e. The fraction of sp³-hybridized carbons (Fsp3) is 0.200. The van der Waals surface area contributed by atoms with E-state index in [-0.39, 0.29) is 23.5 Å². The van der Waals surface area contributed by atoms with Crippen molar-refractivity contribution in [3.8, 4) is 46.2 Å². The van der Waals surface area contributed by atoms with Gasteiger partial charge < -0.3 is 31.4 Å². The molecule has 29 heteroatoms.